The van der Waals surface area contributed by atoms with E-state index in [0.29, 0.717) is 23.6 Å². The molecule has 1 aliphatic rings. The number of benzene rings is 2. The van der Waals surface area contributed by atoms with Gasteiger partial charge < -0.3 is 10.1 Å². The molecule has 0 aromatic heterocycles. The van der Waals surface area contributed by atoms with Crippen LogP contribution in [0.4, 0.5) is 11.4 Å². The summed E-state index contributed by atoms with van der Waals surface area (Å²) in [5.74, 6) is -0.493. The molecular weight excluding hydrogens is 434 g/mol. The molecule has 1 aliphatic heterocycles. The van der Waals surface area contributed by atoms with Gasteiger partial charge in [0.15, 0.2) is 0 Å². The average molecular weight is 454 g/mol. The zero-order valence-corrected chi connectivity index (χ0v) is 17.6. The van der Waals surface area contributed by atoms with Crippen LogP contribution in [0.3, 0.4) is 0 Å². The number of ether oxygens (including phenoxy) is 1. The van der Waals surface area contributed by atoms with E-state index < -0.39 is 14.9 Å². The van der Waals surface area contributed by atoms with Crippen molar-refractivity contribution in [2.75, 3.05) is 25.5 Å². The molecule has 9 nitrogen and oxygen atoms in total. The second-order valence-electron chi connectivity index (χ2n) is 6.76. The maximum absolute atomic E-state index is 12.7. The van der Waals surface area contributed by atoms with Crippen molar-refractivity contribution in [1.82, 2.24) is 4.31 Å². The number of hydrogen-bond donors (Lipinski definition) is 1. The van der Waals surface area contributed by atoms with E-state index in [1.165, 1.54) is 53.9 Å². The van der Waals surface area contributed by atoms with Crippen LogP contribution in [-0.4, -0.2) is 43.8 Å². The van der Waals surface area contributed by atoms with Crippen LogP contribution < -0.4 is 10.1 Å². The summed E-state index contributed by atoms with van der Waals surface area (Å²) >= 11 is 5.82. The lowest BCUT2D eigenvalue weighted by Gasteiger charge is -2.30. The topological polar surface area (TPSA) is 119 Å². The number of piperidine rings is 1. The van der Waals surface area contributed by atoms with Gasteiger partial charge in [-0.1, -0.05) is 11.6 Å². The van der Waals surface area contributed by atoms with Gasteiger partial charge in [0.2, 0.25) is 15.9 Å². The molecule has 2 aromatic rings. The summed E-state index contributed by atoms with van der Waals surface area (Å²) in [6.07, 6.45) is 0.710. The number of carbonyl (C=O) groups is 1. The lowest BCUT2D eigenvalue weighted by Crippen LogP contribution is -2.41. The molecule has 0 spiro atoms. The fourth-order valence-corrected chi connectivity index (χ4v) is 4.84. The summed E-state index contributed by atoms with van der Waals surface area (Å²) in [6, 6.07) is 9.87. The minimum absolute atomic E-state index is 0.148. The van der Waals surface area contributed by atoms with Crippen LogP contribution in [0, 0.1) is 16.0 Å². The Morgan fingerprint density at radius 2 is 1.83 bits per heavy atom. The van der Waals surface area contributed by atoms with Crippen LogP contribution in [0.15, 0.2) is 47.4 Å². The molecule has 30 heavy (non-hydrogen) atoms. The van der Waals surface area contributed by atoms with Crippen molar-refractivity contribution in [3.63, 3.8) is 0 Å². The predicted octanol–water partition coefficient (Wildman–Crippen LogP) is 3.30. The third-order valence-corrected chi connectivity index (χ3v) is 7.09. The van der Waals surface area contributed by atoms with E-state index in [0.717, 1.165) is 0 Å². The second-order valence-corrected chi connectivity index (χ2v) is 9.14. The number of halogens is 1. The molecule has 1 saturated heterocycles. The highest BCUT2D eigenvalue weighted by molar-refractivity contribution is 7.89. The molecule has 0 aliphatic carbocycles. The van der Waals surface area contributed by atoms with Crippen molar-refractivity contribution in [1.29, 1.82) is 0 Å². The number of carbonyl (C=O) groups excluding carboxylic acids is 1. The third-order valence-electron chi connectivity index (χ3n) is 4.93. The Morgan fingerprint density at radius 1 is 1.20 bits per heavy atom. The molecule has 160 valence electrons. The number of nitrogens with one attached hydrogen (secondary N) is 1. The molecule has 1 heterocycles. The van der Waals surface area contributed by atoms with E-state index in [-0.39, 0.29) is 41.2 Å². The van der Waals surface area contributed by atoms with Gasteiger partial charge >= 0.3 is 0 Å². The Bertz CT molecular complexity index is 1050. The first kappa shape index (κ1) is 22.0. The van der Waals surface area contributed by atoms with Gasteiger partial charge in [0.25, 0.3) is 5.69 Å². The van der Waals surface area contributed by atoms with E-state index in [1.807, 2.05) is 0 Å². The van der Waals surface area contributed by atoms with Gasteiger partial charge in [0, 0.05) is 30.1 Å². The first-order valence-corrected chi connectivity index (χ1v) is 10.9. The first-order valence-electron chi connectivity index (χ1n) is 9.11. The molecule has 0 saturated carbocycles. The highest BCUT2D eigenvalue weighted by Gasteiger charge is 2.32. The average Bonchev–Trinajstić information content (AvgIpc) is 2.74. The van der Waals surface area contributed by atoms with Gasteiger partial charge in [0.1, 0.15) is 5.75 Å². The van der Waals surface area contributed by atoms with Crippen molar-refractivity contribution >= 4 is 38.9 Å². The monoisotopic (exact) mass is 453 g/mol. The minimum Gasteiger partial charge on any atom is -0.494 e. The number of non-ortho nitro benzene ring substituents is 1. The van der Waals surface area contributed by atoms with E-state index >= 15 is 0 Å². The van der Waals surface area contributed by atoms with Crippen LogP contribution in [0.1, 0.15) is 12.8 Å². The largest absolute Gasteiger partial charge is 0.494 e. The van der Waals surface area contributed by atoms with Gasteiger partial charge in [-0.05, 0) is 43.2 Å². The number of sulfonamides is 1. The molecule has 0 radical (unpaired) electrons. The predicted molar refractivity (Wildman–Crippen MR) is 111 cm³/mol. The summed E-state index contributed by atoms with van der Waals surface area (Å²) in [4.78, 5) is 23.1. The van der Waals surface area contributed by atoms with Crippen molar-refractivity contribution < 1.29 is 22.9 Å². The zero-order chi connectivity index (χ0) is 21.9. The highest BCUT2D eigenvalue weighted by atomic mass is 35.5. The zero-order valence-electron chi connectivity index (χ0n) is 16.1. The van der Waals surface area contributed by atoms with Crippen molar-refractivity contribution in [3.05, 3.63) is 57.6 Å². The standard InChI is InChI=1S/C19H20ClN3O6S/c1-29-18-12-15(23(25)26)4-7-17(18)21-19(24)13-8-10-22(11-9-13)30(27,28)16-5-2-14(20)3-6-16/h2-7,12-13H,8-11H2,1H3,(H,21,24). The lowest BCUT2D eigenvalue weighted by atomic mass is 9.97. The Balaban J connectivity index is 1.64. The molecule has 0 unspecified atom stereocenters. The number of nitro benzene ring substituents is 1. The van der Waals surface area contributed by atoms with Crippen molar-refractivity contribution in [2.24, 2.45) is 5.92 Å². The molecule has 11 heteroatoms. The van der Waals surface area contributed by atoms with Crippen LogP contribution in [0.2, 0.25) is 5.02 Å². The molecule has 2 aromatic carbocycles. The summed E-state index contributed by atoms with van der Waals surface area (Å²) < 4.78 is 32.0. The molecule has 3 rings (SSSR count). The molecule has 0 atom stereocenters. The van der Waals surface area contributed by atoms with E-state index in [2.05, 4.69) is 5.32 Å². The Morgan fingerprint density at radius 3 is 2.40 bits per heavy atom. The van der Waals surface area contributed by atoms with Crippen LogP contribution in [0.25, 0.3) is 0 Å². The summed E-state index contributed by atoms with van der Waals surface area (Å²) in [5.41, 5.74) is 0.176. The number of nitrogens with zero attached hydrogens (tertiary/aromatic N) is 2. The molecule has 1 N–H and O–H groups in total. The number of rotatable bonds is 6. The van der Waals surface area contributed by atoms with Gasteiger partial charge in [-0.3, -0.25) is 14.9 Å². The van der Waals surface area contributed by atoms with E-state index in [1.54, 1.807) is 0 Å². The number of amides is 1. The number of anilines is 1. The molecule has 1 amide bonds. The van der Waals surface area contributed by atoms with Gasteiger partial charge in [0.05, 0.1) is 28.7 Å². The van der Waals surface area contributed by atoms with Gasteiger partial charge in [-0.2, -0.15) is 4.31 Å². The normalized spacial score (nSPS) is 15.5. The van der Waals surface area contributed by atoms with E-state index in [4.69, 9.17) is 16.3 Å². The number of hydrogen-bond acceptors (Lipinski definition) is 6. The highest BCUT2D eigenvalue weighted by Crippen LogP contribution is 2.31. The van der Waals surface area contributed by atoms with Crippen LogP contribution in [-0.2, 0) is 14.8 Å². The lowest BCUT2D eigenvalue weighted by molar-refractivity contribution is -0.384. The third kappa shape index (κ3) is 4.72. The Labute approximate surface area is 178 Å². The fraction of sp³-hybridized carbons (Fsp3) is 0.316. The second kappa shape index (κ2) is 8.99. The summed E-state index contributed by atoms with van der Waals surface area (Å²) in [5, 5.41) is 14.1. The Hall–Kier alpha value is -2.69. The molecule has 0 bridgehead atoms. The maximum Gasteiger partial charge on any atom is 0.273 e. The van der Waals surface area contributed by atoms with Crippen molar-refractivity contribution in [2.45, 2.75) is 17.7 Å². The molecule has 1 fully saturated rings. The smallest absolute Gasteiger partial charge is 0.273 e. The quantitative estimate of drug-likeness (QED) is 0.529. The van der Waals surface area contributed by atoms with Gasteiger partial charge in [-0.15, -0.1) is 0 Å². The maximum atomic E-state index is 12.7. The van der Waals surface area contributed by atoms with Gasteiger partial charge in [-0.25, -0.2) is 8.42 Å². The van der Waals surface area contributed by atoms with Crippen LogP contribution in [0.5, 0.6) is 5.75 Å². The number of methoxy groups -OCH3 is 1. The summed E-state index contributed by atoms with van der Waals surface area (Å²) in [7, 11) is -2.30. The molecular formula is C19H20ClN3O6S. The summed E-state index contributed by atoms with van der Waals surface area (Å²) in [6.45, 7) is 0.418. The van der Waals surface area contributed by atoms with Crippen molar-refractivity contribution in [3.8, 4) is 5.75 Å². The number of nitro groups is 1. The van der Waals surface area contributed by atoms with Crippen LogP contribution >= 0.6 is 11.6 Å². The Kier molecular flexibility index (Phi) is 6.59. The minimum atomic E-state index is -3.65. The fourth-order valence-electron chi connectivity index (χ4n) is 3.25. The SMILES string of the molecule is COc1cc([N+](=O)[O-])ccc1NC(=O)C1CCN(S(=O)(=O)c2ccc(Cl)cc2)CC1. The van der Waals surface area contributed by atoms with E-state index in [9.17, 15) is 23.3 Å². The first-order chi connectivity index (χ1) is 14.2.